The zero-order valence-electron chi connectivity index (χ0n) is 15.7. The van der Waals surface area contributed by atoms with Crippen LogP contribution in [0, 0.1) is 6.92 Å². The van der Waals surface area contributed by atoms with E-state index in [1.165, 1.54) is 4.31 Å². The van der Waals surface area contributed by atoms with Crippen LogP contribution in [0.15, 0.2) is 29.2 Å². The maximum Gasteiger partial charge on any atom is 0.312 e. The molecule has 1 fully saturated rings. The van der Waals surface area contributed by atoms with Crippen LogP contribution in [0.25, 0.3) is 0 Å². The number of benzene rings is 1. The second kappa shape index (κ2) is 9.70. The molecule has 0 atom stereocenters. The summed E-state index contributed by atoms with van der Waals surface area (Å²) in [7, 11) is -3.51. The highest BCUT2D eigenvalue weighted by Gasteiger charge is 2.29. The van der Waals surface area contributed by atoms with Gasteiger partial charge in [0.1, 0.15) is 0 Å². The second-order valence-electron chi connectivity index (χ2n) is 6.70. The Kier molecular flexibility index (Phi) is 7.61. The van der Waals surface area contributed by atoms with Crippen molar-refractivity contribution >= 4 is 22.0 Å². The van der Waals surface area contributed by atoms with Gasteiger partial charge in [-0.1, -0.05) is 24.1 Å². The van der Waals surface area contributed by atoms with Crippen LogP contribution in [0.4, 0.5) is 4.79 Å². The highest BCUT2D eigenvalue weighted by molar-refractivity contribution is 7.89. The molecule has 3 amide bonds. The van der Waals surface area contributed by atoms with Gasteiger partial charge in [-0.05, 0) is 31.9 Å². The van der Waals surface area contributed by atoms with E-state index in [2.05, 4.69) is 5.32 Å². The van der Waals surface area contributed by atoms with Gasteiger partial charge in [-0.25, -0.2) is 13.2 Å². The van der Waals surface area contributed by atoms with Gasteiger partial charge in [0, 0.05) is 39.1 Å². The van der Waals surface area contributed by atoms with E-state index in [4.69, 9.17) is 5.73 Å². The first-order valence-corrected chi connectivity index (χ1v) is 10.6. The summed E-state index contributed by atoms with van der Waals surface area (Å²) in [6, 6.07) is 6.27. The molecule has 9 heteroatoms. The van der Waals surface area contributed by atoms with E-state index >= 15 is 0 Å². The van der Waals surface area contributed by atoms with Crippen molar-refractivity contribution in [2.75, 3.05) is 32.7 Å². The molecule has 27 heavy (non-hydrogen) atoms. The number of rotatable bonds is 8. The second-order valence-corrected chi connectivity index (χ2v) is 8.64. The van der Waals surface area contributed by atoms with Crippen LogP contribution in [0.5, 0.6) is 0 Å². The molecule has 1 saturated heterocycles. The molecule has 0 aliphatic carbocycles. The number of hydrogen-bond acceptors (Lipinski definition) is 4. The molecule has 1 aromatic carbocycles. The van der Waals surface area contributed by atoms with Gasteiger partial charge in [0.25, 0.3) is 0 Å². The van der Waals surface area contributed by atoms with Crippen molar-refractivity contribution in [1.29, 1.82) is 0 Å². The number of carbonyl (C=O) groups is 2. The predicted molar refractivity (Wildman–Crippen MR) is 103 cm³/mol. The normalized spacial score (nSPS) is 15.5. The SMILES string of the molecule is Cc1ccc(S(=O)(=O)N2CCN(C(=O)CCCCCNC(N)=O)CC2)cc1. The zero-order valence-corrected chi connectivity index (χ0v) is 16.5. The number of aryl methyl sites for hydroxylation is 1. The third kappa shape index (κ3) is 6.21. The standard InChI is InChI=1S/C18H28N4O4S/c1-15-6-8-16(9-7-15)27(25,26)22-13-11-21(12-14-22)17(23)5-3-2-4-10-20-18(19)24/h6-9H,2-5,10-14H2,1H3,(H3,19,20,24). The van der Waals surface area contributed by atoms with E-state index in [0.29, 0.717) is 39.1 Å². The Hall–Kier alpha value is -2.13. The smallest absolute Gasteiger partial charge is 0.312 e. The molecule has 150 valence electrons. The number of nitrogens with one attached hydrogen (secondary N) is 1. The van der Waals surface area contributed by atoms with E-state index in [-0.39, 0.29) is 10.8 Å². The molecule has 2 rings (SSSR count). The highest BCUT2D eigenvalue weighted by Crippen LogP contribution is 2.18. The first kappa shape index (κ1) is 21.2. The molecule has 1 aliphatic heterocycles. The summed E-state index contributed by atoms with van der Waals surface area (Å²) in [4.78, 5) is 24.8. The average Bonchev–Trinajstić information content (AvgIpc) is 2.64. The fourth-order valence-electron chi connectivity index (χ4n) is 2.98. The van der Waals surface area contributed by atoms with E-state index in [1.54, 1.807) is 29.2 Å². The number of amides is 3. The van der Waals surface area contributed by atoms with E-state index in [9.17, 15) is 18.0 Å². The number of nitrogens with two attached hydrogens (primary N) is 1. The number of urea groups is 1. The van der Waals surface area contributed by atoms with Crippen molar-refractivity contribution in [3.8, 4) is 0 Å². The lowest BCUT2D eigenvalue weighted by Gasteiger charge is -2.34. The van der Waals surface area contributed by atoms with Gasteiger partial charge in [0.15, 0.2) is 0 Å². The van der Waals surface area contributed by atoms with Gasteiger partial charge in [0.05, 0.1) is 4.90 Å². The van der Waals surface area contributed by atoms with Crippen molar-refractivity contribution in [3.63, 3.8) is 0 Å². The minimum atomic E-state index is -3.51. The number of nitrogens with zero attached hydrogens (tertiary/aromatic N) is 2. The van der Waals surface area contributed by atoms with E-state index < -0.39 is 16.1 Å². The monoisotopic (exact) mass is 396 g/mol. The number of sulfonamides is 1. The minimum Gasteiger partial charge on any atom is -0.352 e. The average molecular weight is 397 g/mol. The number of primary amides is 1. The van der Waals surface area contributed by atoms with Crippen LogP contribution >= 0.6 is 0 Å². The van der Waals surface area contributed by atoms with Crippen LogP contribution in [0.1, 0.15) is 31.2 Å². The van der Waals surface area contributed by atoms with E-state index in [1.807, 2.05) is 6.92 Å². The summed E-state index contributed by atoms with van der Waals surface area (Å²) in [5.41, 5.74) is 5.99. The Labute approximate surface area is 160 Å². The molecule has 3 N–H and O–H groups in total. The summed E-state index contributed by atoms with van der Waals surface area (Å²) >= 11 is 0. The maximum absolute atomic E-state index is 12.7. The van der Waals surface area contributed by atoms with Crippen LogP contribution in [-0.2, 0) is 14.8 Å². The van der Waals surface area contributed by atoms with Crippen LogP contribution in [0.3, 0.4) is 0 Å². The van der Waals surface area contributed by atoms with Crippen LogP contribution in [0.2, 0.25) is 0 Å². The van der Waals surface area contributed by atoms with Gasteiger partial charge in [-0.2, -0.15) is 4.31 Å². The van der Waals surface area contributed by atoms with Gasteiger partial charge >= 0.3 is 6.03 Å². The zero-order chi connectivity index (χ0) is 19.9. The molecular weight excluding hydrogens is 368 g/mol. The van der Waals surface area contributed by atoms with Gasteiger partial charge in [-0.15, -0.1) is 0 Å². The number of piperazine rings is 1. The first-order chi connectivity index (χ1) is 12.8. The topological polar surface area (TPSA) is 113 Å². The summed E-state index contributed by atoms with van der Waals surface area (Å²) in [6.45, 7) is 3.86. The molecule has 1 aromatic rings. The fourth-order valence-corrected chi connectivity index (χ4v) is 4.41. The molecule has 1 heterocycles. The largest absolute Gasteiger partial charge is 0.352 e. The van der Waals surface area contributed by atoms with Gasteiger partial charge < -0.3 is 16.0 Å². The molecule has 0 spiro atoms. The van der Waals surface area contributed by atoms with Crippen molar-refractivity contribution in [1.82, 2.24) is 14.5 Å². The van der Waals surface area contributed by atoms with E-state index in [0.717, 1.165) is 24.8 Å². The van der Waals surface area contributed by atoms with Gasteiger partial charge in [0.2, 0.25) is 15.9 Å². The third-order valence-electron chi connectivity index (χ3n) is 4.62. The maximum atomic E-state index is 12.7. The summed E-state index contributed by atoms with van der Waals surface area (Å²) in [6.07, 6.45) is 2.77. The van der Waals surface area contributed by atoms with Crippen LogP contribution in [-0.4, -0.2) is 62.3 Å². The van der Waals surface area contributed by atoms with Crippen molar-refractivity contribution < 1.29 is 18.0 Å². The quantitative estimate of drug-likeness (QED) is 0.640. The Morgan fingerprint density at radius 3 is 2.26 bits per heavy atom. The molecule has 0 bridgehead atoms. The number of unbranched alkanes of at least 4 members (excludes halogenated alkanes) is 2. The Morgan fingerprint density at radius 1 is 1.04 bits per heavy atom. The molecule has 0 aromatic heterocycles. The van der Waals surface area contributed by atoms with Crippen molar-refractivity contribution in [2.24, 2.45) is 5.73 Å². The molecular formula is C18H28N4O4S. The fraction of sp³-hybridized carbons (Fsp3) is 0.556. The summed E-state index contributed by atoms with van der Waals surface area (Å²) < 4.78 is 26.8. The van der Waals surface area contributed by atoms with Crippen molar-refractivity contribution in [2.45, 2.75) is 37.5 Å². The Bertz CT molecular complexity index is 741. The van der Waals surface area contributed by atoms with Gasteiger partial charge in [-0.3, -0.25) is 4.79 Å². The summed E-state index contributed by atoms with van der Waals surface area (Å²) in [5.74, 6) is 0.0465. The molecule has 8 nitrogen and oxygen atoms in total. The Balaban J connectivity index is 1.75. The number of carbonyl (C=O) groups excluding carboxylic acids is 2. The lowest BCUT2D eigenvalue weighted by Crippen LogP contribution is -2.50. The Morgan fingerprint density at radius 2 is 1.67 bits per heavy atom. The third-order valence-corrected chi connectivity index (χ3v) is 6.53. The first-order valence-electron chi connectivity index (χ1n) is 9.18. The highest BCUT2D eigenvalue weighted by atomic mass is 32.2. The molecule has 0 radical (unpaired) electrons. The minimum absolute atomic E-state index is 0.0465. The summed E-state index contributed by atoms with van der Waals surface area (Å²) in [5, 5.41) is 2.51. The number of hydrogen-bond donors (Lipinski definition) is 2. The van der Waals surface area contributed by atoms with Crippen LogP contribution < -0.4 is 11.1 Å². The lowest BCUT2D eigenvalue weighted by molar-refractivity contribution is -0.132. The lowest BCUT2D eigenvalue weighted by atomic mass is 10.1. The predicted octanol–water partition coefficient (Wildman–Crippen LogP) is 1.06. The molecule has 0 unspecified atom stereocenters. The van der Waals surface area contributed by atoms with Crippen molar-refractivity contribution in [3.05, 3.63) is 29.8 Å². The molecule has 0 saturated carbocycles. The molecule has 1 aliphatic rings.